The molecule has 0 unspecified atom stereocenters. The molecule has 1 aromatic heterocycles. The zero-order valence-electron chi connectivity index (χ0n) is 16.3. The van der Waals surface area contributed by atoms with Crippen LogP contribution in [0.5, 0.6) is 0 Å². The molecule has 0 saturated carbocycles. The Bertz CT molecular complexity index is 983. The smallest absolute Gasteiger partial charge is 0.368 e. The molecule has 0 amide bonds. The Hall–Kier alpha value is -1.55. The minimum atomic E-state index is -3.91. The second-order valence-electron chi connectivity index (χ2n) is 6.44. The highest BCUT2D eigenvalue weighted by Crippen LogP contribution is 2.51. The van der Waals surface area contributed by atoms with E-state index in [2.05, 4.69) is 6.07 Å². The van der Waals surface area contributed by atoms with Crippen molar-refractivity contribution in [1.82, 2.24) is 0 Å². The van der Waals surface area contributed by atoms with Crippen LogP contribution in [0.3, 0.4) is 0 Å². The van der Waals surface area contributed by atoms with E-state index in [1.807, 2.05) is 0 Å². The van der Waals surface area contributed by atoms with Gasteiger partial charge in [0.15, 0.2) is 5.76 Å². The predicted molar refractivity (Wildman–Crippen MR) is 111 cm³/mol. The summed E-state index contributed by atoms with van der Waals surface area (Å²) in [7, 11) is -3.91. The summed E-state index contributed by atoms with van der Waals surface area (Å²) in [4.78, 5) is 0.341. The van der Waals surface area contributed by atoms with Gasteiger partial charge in [-0.2, -0.15) is 5.26 Å². The van der Waals surface area contributed by atoms with Crippen molar-refractivity contribution in [3.8, 4) is 17.4 Å². The number of thioether (sulfide) groups is 1. The van der Waals surface area contributed by atoms with Crippen LogP contribution < -0.4 is 10.9 Å². The molecule has 1 heterocycles. The summed E-state index contributed by atoms with van der Waals surface area (Å²) >= 11 is 7.13. The second kappa shape index (κ2) is 9.30. The second-order valence-corrected chi connectivity index (χ2v) is 9.56. The molecule has 150 valence electrons. The molecule has 0 saturated heterocycles. The maximum absolute atomic E-state index is 13.6. The Morgan fingerprint density at radius 3 is 2.14 bits per heavy atom. The summed E-state index contributed by atoms with van der Waals surface area (Å²) in [5, 5.41) is 18.7. The molecule has 28 heavy (non-hydrogen) atoms. The molecule has 1 aromatic carbocycles. The van der Waals surface area contributed by atoms with E-state index in [4.69, 9.17) is 30.5 Å². The van der Waals surface area contributed by atoms with Crippen LogP contribution in [0.2, 0.25) is 5.02 Å². The normalized spacial score (nSPS) is 11.8. The van der Waals surface area contributed by atoms with Gasteiger partial charge >= 0.3 is 7.60 Å². The Morgan fingerprint density at radius 2 is 1.71 bits per heavy atom. The fraction of sp³-hybridized carbons (Fsp3) is 0.368. The molecule has 0 aliphatic heterocycles. The first kappa shape index (κ1) is 22.7. The first-order chi connectivity index (χ1) is 13.1. The van der Waals surface area contributed by atoms with Gasteiger partial charge in [-0.15, -0.1) is 11.8 Å². The number of benzene rings is 1. The zero-order valence-corrected chi connectivity index (χ0v) is 18.7. The van der Waals surface area contributed by atoms with E-state index in [1.165, 1.54) is 11.8 Å². The van der Waals surface area contributed by atoms with E-state index in [0.29, 0.717) is 15.5 Å². The summed E-state index contributed by atoms with van der Waals surface area (Å²) < 4.78 is 30.6. The van der Waals surface area contributed by atoms with Crippen molar-refractivity contribution in [2.24, 2.45) is 0 Å². The molecule has 6 nitrogen and oxygen atoms in total. The van der Waals surface area contributed by atoms with Gasteiger partial charge < -0.3 is 13.5 Å². The lowest BCUT2D eigenvalue weighted by molar-refractivity contribution is 0.149. The Kier molecular flexibility index (Phi) is 7.55. The standard InChI is InChI=1S/C19H22ClN2O4PS/c1-11(2)25-27(23,26-12(3)4)17-18(28-5)15(10-21)16(24-19(17)22)13-6-8-14(20)9-7-13/h6-9,11-12,22H,1-5H3. The molecule has 0 aliphatic rings. The van der Waals surface area contributed by atoms with E-state index in [1.54, 1.807) is 58.2 Å². The molecular weight excluding hydrogens is 419 g/mol. The fourth-order valence-corrected chi connectivity index (χ4v) is 5.95. The highest BCUT2D eigenvalue weighted by atomic mass is 35.5. The first-order valence-corrected chi connectivity index (χ1v) is 11.7. The van der Waals surface area contributed by atoms with Crippen molar-refractivity contribution in [2.75, 3.05) is 6.26 Å². The molecule has 0 atom stereocenters. The van der Waals surface area contributed by atoms with Crippen LogP contribution in [0.25, 0.3) is 11.3 Å². The van der Waals surface area contributed by atoms with Gasteiger partial charge in [-0.05, 0) is 58.2 Å². The summed E-state index contributed by atoms with van der Waals surface area (Å²) in [6.45, 7) is 6.90. The van der Waals surface area contributed by atoms with Crippen molar-refractivity contribution < 1.29 is 18.0 Å². The Balaban J connectivity index is 2.83. The van der Waals surface area contributed by atoms with Gasteiger partial charge in [0.2, 0.25) is 5.55 Å². The van der Waals surface area contributed by atoms with E-state index in [-0.39, 0.29) is 22.2 Å². The lowest BCUT2D eigenvalue weighted by Gasteiger charge is -2.24. The van der Waals surface area contributed by atoms with E-state index < -0.39 is 19.8 Å². The topological polar surface area (TPSA) is 96.3 Å². The number of halogens is 1. The molecule has 0 radical (unpaired) electrons. The predicted octanol–water partition coefficient (Wildman–Crippen LogP) is 5.34. The van der Waals surface area contributed by atoms with Gasteiger partial charge in [-0.3, -0.25) is 9.97 Å². The van der Waals surface area contributed by atoms with Crippen LogP contribution in [0, 0.1) is 16.7 Å². The maximum Gasteiger partial charge on any atom is 0.368 e. The Morgan fingerprint density at radius 1 is 1.18 bits per heavy atom. The third kappa shape index (κ3) is 4.89. The number of rotatable bonds is 7. The van der Waals surface area contributed by atoms with Crippen molar-refractivity contribution in [3.05, 3.63) is 40.4 Å². The minimum Gasteiger partial charge on any atom is -0.437 e. The molecule has 9 heteroatoms. The highest BCUT2D eigenvalue weighted by molar-refractivity contribution is 7.99. The summed E-state index contributed by atoms with van der Waals surface area (Å²) in [5.74, 6) is 0.206. The summed E-state index contributed by atoms with van der Waals surface area (Å²) in [6, 6.07) is 8.83. The molecule has 0 spiro atoms. The molecule has 0 aliphatic carbocycles. The van der Waals surface area contributed by atoms with Gasteiger partial charge in [0.1, 0.15) is 16.9 Å². The van der Waals surface area contributed by atoms with Gasteiger partial charge in [0, 0.05) is 15.5 Å². The number of hydrogen-bond acceptors (Lipinski definition) is 7. The number of nitriles is 1. The number of nitrogens with zero attached hydrogens (tertiary/aromatic N) is 1. The summed E-state index contributed by atoms with van der Waals surface area (Å²) in [5.41, 5.74) is 0.388. The third-order valence-corrected chi connectivity index (χ3v) is 7.08. The first-order valence-electron chi connectivity index (χ1n) is 8.56. The highest BCUT2D eigenvalue weighted by Gasteiger charge is 2.38. The van der Waals surface area contributed by atoms with Gasteiger partial charge in [-0.25, -0.2) is 0 Å². The van der Waals surface area contributed by atoms with Crippen LogP contribution in [-0.2, 0) is 13.6 Å². The quantitative estimate of drug-likeness (QED) is 0.461. The van der Waals surface area contributed by atoms with Crippen molar-refractivity contribution in [2.45, 2.75) is 44.8 Å². The van der Waals surface area contributed by atoms with Gasteiger partial charge in [-0.1, -0.05) is 11.6 Å². The van der Waals surface area contributed by atoms with Gasteiger partial charge in [0.05, 0.1) is 12.2 Å². The minimum absolute atomic E-state index is 0.0309. The molecule has 2 rings (SSSR count). The van der Waals surface area contributed by atoms with Crippen molar-refractivity contribution in [3.63, 3.8) is 0 Å². The lowest BCUT2D eigenvalue weighted by atomic mass is 10.1. The number of hydrogen-bond donors (Lipinski definition) is 1. The van der Waals surface area contributed by atoms with E-state index in [0.717, 1.165) is 0 Å². The van der Waals surface area contributed by atoms with Crippen LogP contribution in [0.15, 0.2) is 33.6 Å². The van der Waals surface area contributed by atoms with Crippen LogP contribution >= 0.6 is 31.0 Å². The lowest BCUT2D eigenvalue weighted by Crippen LogP contribution is -2.31. The molecule has 0 bridgehead atoms. The average molecular weight is 441 g/mol. The summed E-state index contributed by atoms with van der Waals surface area (Å²) in [6.07, 6.45) is 0.903. The Labute approximate surface area is 173 Å². The monoisotopic (exact) mass is 440 g/mol. The van der Waals surface area contributed by atoms with Gasteiger partial charge in [0.25, 0.3) is 0 Å². The van der Waals surface area contributed by atoms with Crippen LogP contribution in [0.4, 0.5) is 0 Å². The SMILES string of the molecule is CSc1c(C#N)c(-c2ccc(Cl)cc2)oc(=N)c1P(=O)(OC(C)C)OC(C)C. The van der Waals surface area contributed by atoms with Crippen molar-refractivity contribution in [1.29, 1.82) is 10.7 Å². The van der Waals surface area contributed by atoms with Crippen LogP contribution in [0.1, 0.15) is 33.3 Å². The molecule has 0 fully saturated rings. The average Bonchev–Trinajstić information content (AvgIpc) is 2.59. The molecule has 2 aromatic rings. The zero-order chi connectivity index (χ0) is 21.1. The van der Waals surface area contributed by atoms with E-state index >= 15 is 0 Å². The molecular formula is C19H22ClN2O4PS. The van der Waals surface area contributed by atoms with Crippen molar-refractivity contribution >= 4 is 36.3 Å². The maximum atomic E-state index is 13.6. The molecule has 1 N–H and O–H groups in total. The number of nitrogens with one attached hydrogen (secondary N) is 1. The fourth-order valence-electron chi connectivity index (χ4n) is 2.56. The third-order valence-electron chi connectivity index (χ3n) is 3.48. The largest absolute Gasteiger partial charge is 0.437 e. The van der Waals surface area contributed by atoms with E-state index in [9.17, 15) is 9.83 Å². The van der Waals surface area contributed by atoms with Crippen LogP contribution in [-0.4, -0.2) is 18.5 Å².